The SMILES string of the molecule is CC1CCC(C#N)(Sc2cccc(F)c2)CC1. The highest BCUT2D eigenvalue weighted by Crippen LogP contribution is 2.44. The summed E-state index contributed by atoms with van der Waals surface area (Å²) in [5, 5.41) is 9.39. The van der Waals surface area contributed by atoms with Crippen LogP contribution in [0, 0.1) is 23.1 Å². The van der Waals surface area contributed by atoms with Gasteiger partial charge >= 0.3 is 0 Å². The lowest BCUT2D eigenvalue weighted by Crippen LogP contribution is -2.28. The molecular formula is C14H16FNS. The predicted octanol–water partition coefficient (Wildman–Crippen LogP) is 4.39. The molecule has 1 nitrogen and oxygen atoms in total. The molecule has 0 atom stereocenters. The van der Waals surface area contributed by atoms with Crippen LogP contribution in [0.1, 0.15) is 32.6 Å². The molecule has 0 N–H and O–H groups in total. The summed E-state index contributed by atoms with van der Waals surface area (Å²) in [6, 6.07) is 8.98. The average molecular weight is 249 g/mol. The second kappa shape index (κ2) is 5.10. The molecule has 0 saturated heterocycles. The van der Waals surface area contributed by atoms with Crippen LogP contribution in [0.15, 0.2) is 29.2 Å². The summed E-state index contributed by atoms with van der Waals surface area (Å²) in [5.74, 6) is 0.483. The Kier molecular flexibility index (Phi) is 3.73. The summed E-state index contributed by atoms with van der Waals surface area (Å²) in [7, 11) is 0. The van der Waals surface area contributed by atoms with Gasteiger partial charge in [0.1, 0.15) is 10.6 Å². The normalized spacial score (nSPS) is 28.6. The molecule has 0 bridgehead atoms. The molecule has 0 radical (unpaired) electrons. The highest BCUT2D eigenvalue weighted by atomic mass is 32.2. The maximum absolute atomic E-state index is 13.1. The molecule has 1 aromatic rings. The molecular weight excluding hydrogens is 233 g/mol. The molecule has 1 saturated carbocycles. The first kappa shape index (κ1) is 12.4. The van der Waals surface area contributed by atoms with E-state index in [-0.39, 0.29) is 10.6 Å². The summed E-state index contributed by atoms with van der Waals surface area (Å²) in [5.41, 5.74) is 0. The molecule has 1 fully saturated rings. The second-order valence-corrected chi connectivity index (χ2v) is 6.31. The van der Waals surface area contributed by atoms with Crippen molar-refractivity contribution in [1.29, 1.82) is 5.26 Å². The van der Waals surface area contributed by atoms with Crippen LogP contribution >= 0.6 is 11.8 Å². The van der Waals surface area contributed by atoms with Crippen molar-refractivity contribution in [2.45, 2.75) is 42.2 Å². The minimum absolute atomic E-state index is 0.229. The Morgan fingerprint density at radius 2 is 2.12 bits per heavy atom. The Labute approximate surface area is 106 Å². The minimum Gasteiger partial charge on any atom is -0.207 e. The van der Waals surface area contributed by atoms with Gasteiger partial charge in [0.2, 0.25) is 0 Å². The van der Waals surface area contributed by atoms with Gasteiger partial charge in [-0.1, -0.05) is 13.0 Å². The van der Waals surface area contributed by atoms with Gasteiger partial charge in [0.25, 0.3) is 0 Å². The zero-order valence-corrected chi connectivity index (χ0v) is 10.8. The quantitative estimate of drug-likeness (QED) is 0.776. The van der Waals surface area contributed by atoms with Crippen LogP contribution in [-0.4, -0.2) is 4.75 Å². The van der Waals surface area contributed by atoms with E-state index in [9.17, 15) is 9.65 Å². The molecule has 0 amide bonds. The molecule has 0 aromatic heterocycles. The minimum atomic E-state index is -0.347. The van der Waals surface area contributed by atoms with Crippen molar-refractivity contribution in [3.05, 3.63) is 30.1 Å². The van der Waals surface area contributed by atoms with Crippen LogP contribution in [0.5, 0.6) is 0 Å². The first-order chi connectivity index (χ1) is 8.13. The largest absolute Gasteiger partial charge is 0.207 e. The van der Waals surface area contributed by atoms with Gasteiger partial charge in [-0.15, -0.1) is 11.8 Å². The lowest BCUT2D eigenvalue weighted by atomic mass is 9.83. The Bertz CT molecular complexity index is 430. The van der Waals surface area contributed by atoms with Gasteiger partial charge in [-0.3, -0.25) is 0 Å². The van der Waals surface area contributed by atoms with Crippen molar-refractivity contribution >= 4 is 11.8 Å². The van der Waals surface area contributed by atoms with Gasteiger partial charge in [-0.2, -0.15) is 5.26 Å². The smallest absolute Gasteiger partial charge is 0.124 e. The van der Waals surface area contributed by atoms with E-state index in [2.05, 4.69) is 13.0 Å². The first-order valence-corrected chi connectivity index (χ1v) is 6.81. The topological polar surface area (TPSA) is 23.8 Å². The number of halogens is 1. The number of thioether (sulfide) groups is 1. The summed E-state index contributed by atoms with van der Waals surface area (Å²) in [6.45, 7) is 2.23. The van der Waals surface area contributed by atoms with E-state index < -0.39 is 0 Å². The van der Waals surface area contributed by atoms with E-state index in [1.54, 1.807) is 6.07 Å². The fourth-order valence-electron chi connectivity index (χ4n) is 2.22. The number of benzene rings is 1. The third-order valence-electron chi connectivity index (χ3n) is 3.40. The van der Waals surface area contributed by atoms with Gasteiger partial charge in [0, 0.05) is 4.90 Å². The molecule has 1 aromatic carbocycles. The highest BCUT2D eigenvalue weighted by molar-refractivity contribution is 8.01. The lowest BCUT2D eigenvalue weighted by molar-refractivity contribution is 0.358. The van der Waals surface area contributed by atoms with E-state index in [1.807, 2.05) is 6.07 Å². The number of nitrogens with zero attached hydrogens (tertiary/aromatic N) is 1. The molecule has 0 aliphatic heterocycles. The first-order valence-electron chi connectivity index (χ1n) is 5.99. The molecule has 0 unspecified atom stereocenters. The van der Waals surface area contributed by atoms with Crippen molar-refractivity contribution in [3.63, 3.8) is 0 Å². The number of nitriles is 1. The maximum Gasteiger partial charge on any atom is 0.124 e. The Morgan fingerprint density at radius 1 is 1.41 bits per heavy atom. The summed E-state index contributed by atoms with van der Waals surface area (Å²) in [6.07, 6.45) is 4.00. The van der Waals surface area contributed by atoms with Gasteiger partial charge in [0.15, 0.2) is 0 Å². The van der Waals surface area contributed by atoms with E-state index in [1.165, 1.54) is 23.9 Å². The summed E-state index contributed by atoms with van der Waals surface area (Å²) < 4.78 is 12.8. The van der Waals surface area contributed by atoms with Gasteiger partial charge in [-0.25, -0.2) is 4.39 Å². The molecule has 1 aliphatic carbocycles. The average Bonchev–Trinajstić information content (AvgIpc) is 2.33. The van der Waals surface area contributed by atoms with Gasteiger partial charge < -0.3 is 0 Å². The zero-order valence-electron chi connectivity index (χ0n) is 9.95. The second-order valence-electron chi connectivity index (χ2n) is 4.85. The lowest BCUT2D eigenvalue weighted by Gasteiger charge is -2.33. The number of hydrogen-bond acceptors (Lipinski definition) is 2. The summed E-state index contributed by atoms with van der Waals surface area (Å²) in [4.78, 5) is 0.862. The highest BCUT2D eigenvalue weighted by Gasteiger charge is 2.35. The Hall–Kier alpha value is -1.01. The standard InChI is InChI=1S/C14H16FNS/c1-11-5-7-14(10-16,8-6-11)17-13-4-2-3-12(15)9-13/h2-4,9,11H,5-8H2,1H3. The van der Waals surface area contributed by atoms with E-state index in [0.717, 1.165) is 30.6 Å². The third kappa shape index (κ3) is 3.01. The molecule has 17 heavy (non-hydrogen) atoms. The van der Waals surface area contributed by atoms with Crippen LogP contribution in [0.3, 0.4) is 0 Å². The van der Waals surface area contributed by atoms with Gasteiger partial charge in [0.05, 0.1) is 6.07 Å². The van der Waals surface area contributed by atoms with Crippen molar-refractivity contribution in [3.8, 4) is 6.07 Å². The van der Waals surface area contributed by atoms with Crippen LogP contribution in [-0.2, 0) is 0 Å². The van der Waals surface area contributed by atoms with Crippen molar-refractivity contribution < 1.29 is 4.39 Å². The predicted molar refractivity (Wildman–Crippen MR) is 68.2 cm³/mol. The fraction of sp³-hybridized carbons (Fsp3) is 0.500. The third-order valence-corrected chi connectivity index (χ3v) is 4.77. The maximum atomic E-state index is 13.1. The van der Waals surface area contributed by atoms with E-state index in [0.29, 0.717) is 5.92 Å². The Morgan fingerprint density at radius 3 is 2.71 bits per heavy atom. The molecule has 0 spiro atoms. The molecule has 90 valence electrons. The van der Waals surface area contributed by atoms with Crippen LogP contribution in [0.2, 0.25) is 0 Å². The molecule has 0 heterocycles. The fourth-order valence-corrected chi connectivity index (χ4v) is 3.48. The molecule has 1 aliphatic rings. The van der Waals surface area contributed by atoms with E-state index >= 15 is 0 Å². The van der Waals surface area contributed by atoms with Crippen LogP contribution < -0.4 is 0 Å². The van der Waals surface area contributed by atoms with Crippen LogP contribution in [0.25, 0.3) is 0 Å². The van der Waals surface area contributed by atoms with Gasteiger partial charge in [-0.05, 0) is 49.8 Å². The molecule has 2 rings (SSSR count). The van der Waals surface area contributed by atoms with Crippen molar-refractivity contribution in [2.24, 2.45) is 5.92 Å². The number of rotatable bonds is 2. The zero-order chi connectivity index (χ0) is 12.3. The molecule has 3 heteroatoms. The number of hydrogen-bond donors (Lipinski definition) is 0. The Balaban J connectivity index is 2.13. The van der Waals surface area contributed by atoms with E-state index in [4.69, 9.17) is 0 Å². The van der Waals surface area contributed by atoms with Crippen molar-refractivity contribution in [1.82, 2.24) is 0 Å². The monoisotopic (exact) mass is 249 g/mol. The van der Waals surface area contributed by atoms with Crippen molar-refractivity contribution in [2.75, 3.05) is 0 Å². The van der Waals surface area contributed by atoms with Crippen LogP contribution in [0.4, 0.5) is 4.39 Å². The summed E-state index contributed by atoms with van der Waals surface area (Å²) >= 11 is 1.53.